The van der Waals surface area contributed by atoms with Crippen LogP contribution in [-0.4, -0.2) is 16.0 Å². The third kappa shape index (κ3) is 3.81. The summed E-state index contributed by atoms with van der Waals surface area (Å²) in [6.45, 7) is 4.27. The number of nitrogens with one attached hydrogen (secondary N) is 2. The van der Waals surface area contributed by atoms with Crippen molar-refractivity contribution in [2.24, 2.45) is 0 Å². The molecule has 0 spiro atoms. The molecule has 1 aromatic heterocycles. The third-order valence-electron chi connectivity index (χ3n) is 2.17. The lowest BCUT2D eigenvalue weighted by molar-refractivity contribution is 0.642. The van der Waals surface area contributed by atoms with Crippen LogP contribution in [0.4, 0.5) is 5.82 Å². The Bertz CT molecular complexity index is 364. The fourth-order valence-electron chi connectivity index (χ4n) is 1.30. The van der Waals surface area contributed by atoms with E-state index < -0.39 is 0 Å². The molecular weight excluding hydrogens is 305 g/mol. The van der Waals surface area contributed by atoms with Crippen molar-refractivity contribution in [2.45, 2.75) is 39.2 Å². The van der Waals surface area contributed by atoms with E-state index in [2.05, 4.69) is 29.1 Å². The summed E-state index contributed by atoms with van der Waals surface area (Å²) in [7, 11) is 0. The lowest BCUT2D eigenvalue weighted by atomic mass is 10.1. The molecule has 1 rings (SSSR count). The van der Waals surface area contributed by atoms with Crippen LogP contribution in [0.3, 0.4) is 0 Å². The lowest BCUT2D eigenvalue weighted by Crippen LogP contribution is -2.20. The van der Waals surface area contributed by atoms with Gasteiger partial charge < -0.3 is 10.3 Å². The van der Waals surface area contributed by atoms with Gasteiger partial charge in [0.2, 0.25) is 0 Å². The molecule has 0 fully saturated rings. The smallest absolute Gasteiger partial charge is 0.266 e. The topological polar surface area (TPSA) is 57.8 Å². The Labute approximate surface area is 103 Å². The molecule has 1 aromatic rings. The summed E-state index contributed by atoms with van der Waals surface area (Å²) in [5.74, 6) is 0.683. The SMILES string of the molecule is CCCCC(C)Nc1nc[nH]c(=O)c1I. The zero-order valence-electron chi connectivity index (χ0n) is 9.01. The van der Waals surface area contributed by atoms with E-state index in [9.17, 15) is 4.79 Å². The standard InChI is InChI=1S/C10H16IN3O/c1-3-4-5-7(2)14-9-8(11)10(15)13-6-12-9/h6-7H,3-5H2,1-2H3,(H2,12,13,14,15). The Morgan fingerprint density at radius 3 is 3.07 bits per heavy atom. The van der Waals surface area contributed by atoms with Crippen LogP contribution in [0.5, 0.6) is 0 Å². The first-order chi connectivity index (χ1) is 7.15. The van der Waals surface area contributed by atoms with Crippen LogP contribution in [0.25, 0.3) is 0 Å². The molecule has 0 amide bonds. The van der Waals surface area contributed by atoms with Gasteiger partial charge in [-0.3, -0.25) is 4.79 Å². The number of rotatable bonds is 5. The van der Waals surface area contributed by atoms with Crippen LogP contribution >= 0.6 is 22.6 Å². The van der Waals surface area contributed by atoms with E-state index in [0.29, 0.717) is 15.4 Å². The van der Waals surface area contributed by atoms with Gasteiger partial charge in [-0.15, -0.1) is 0 Å². The van der Waals surface area contributed by atoms with Crippen molar-refractivity contribution in [2.75, 3.05) is 5.32 Å². The molecule has 1 unspecified atom stereocenters. The van der Waals surface area contributed by atoms with Crippen molar-refractivity contribution in [1.29, 1.82) is 0 Å². The molecule has 0 saturated heterocycles. The highest BCUT2D eigenvalue weighted by molar-refractivity contribution is 14.1. The normalized spacial score (nSPS) is 12.5. The summed E-state index contributed by atoms with van der Waals surface area (Å²) in [4.78, 5) is 17.9. The molecular formula is C10H16IN3O. The molecule has 5 heteroatoms. The van der Waals surface area contributed by atoms with Crippen molar-refractivity contribution in [1.82, 2.24) is 9.97 Å². The maximum absolute atomic E-state index is 11.3. The molecule has 0 aliphatic heterocycles. The number of hydrogen-bond acceptors (Lipinski definition) is 3. The summed E-state index contributed by atoms with van der Waals surface area (Å²) in [5, 5.41) is 3.25. The molecule has 1 heterocycles. The molecule has 0 bridgehead atoms. The monoisotopic (exact) mass is 321 g/mol. The van der Waals surface area contributed by atoms with E-state index >= 15 is 0 Å². The zero-order chi connectivity index (χ0) is 11.3. The molecule has 0 radical (unpaired) electrons. The summed E-state index contributed by atoms with van der Waals surface area (Å²) >= 11 is 2.01. The Morgan fingerprint density at radius 1 is 1.67 bits per heavy atom. The van der Waals surface area contributed by atoms with Crippen LogP contribution in [0.1, 0.15) is 33.1 Å². The third-order valence-corrected chi connectivity index (χ3v) is 3.17. The van der Waals surface area contributed by atoms with Gasteiger partial charge in [-0.25, -0.2) is 4.98 Å². The maximum Gasteiger partial charge on any atom is 0.266 e. The Kier molecular flexibility index (Phi) is 5.07. The number of aromatic nitrogens is 2. The predicted molar refractivity (Wildman–Crippen MR) is 70.2 cm³/mol. The molecule has 15 heavy (non-hydrogen) atoms. The van der Waals surface area contributed by atoms with Crippen molar-refractivity contribution >= 4 is 28.4 Å². The average Bonchev–Trinajstić information content (AvgIpc) is 2.22. The second-order valence-corrected chi connectivity index (χ2v) is 4.66. The lowest BCUT2D eigenvalue weighted by Gasteiger charge is -2.14. The van der Waals surface area contributed by atoms with Crippen LogP contribution in [0, 0.1) is 3.57 Å². The van der Waals surface area contributed by atoms with Crippen molar-refractivity contribution in [3.63, 3.8) is 0 Å². The van der Waals surface area contributed by atoms with Gasteiger partial charge >= 0.3 is 0 Å². The minimum Gasteiger partial charge on any atom is -0.367 e. The molecule has 0 aliphatic rings. The minimum absolute atomic E-state index is 0.0872. The maximum atomic E-state index is 11.3. The number of unbranched alkanes of at least 4 members (excludes halogenated alkanes) is 1. The van der Waals surface area contributed by atoms with E-state index in [0.717, 1.165) is 6.42 Å². The molecule has 0 aliphatic carbocycles. The van der Waals surface area contributed by atoms with Crippen molar-refractivity contribution in [3.05, 3.63) is 20.3 Å². The highest BCUT2D eigenvalue weighted by atomic mass is 127. The zero-order valence-corrected chi connectivity index (χ0v) is 11.2. The van der Waals surface area contributed by atoms with Crippen molar-refractivity contribution < 1.29 is 0 Å². The quantitative estimate of drug-likeness (QED) is 0.819. The van der Waals surface area contributed by atoms with Crippen LogP contribution in [0.2, 0.25) is 0 Å². The average molecular weight is 321 g/mol. The summed E-state index contributed by atoms with van der Waals surface area (Å²) in [6.07, 6.45) is 4.90. The molecule has 1 atom stereocenters. The summed E-state index contributed by atoms with van der Waals surface area (Å²) < 4.78 is 0.624. The Hall–Kier alpha value is -0.590. The van der Waals surface area contributed by atoms with E-state index in [1.807, 2.05) is 22.6 Å². The van der Waals surface area contributed by atoms with Crippen LogP contribution in [0.15, 0.2) is 11.1 Å². The second-order valence-electron chi connectivity index (χ2n) is 3.58. The highest BCUT2D eigenvalue weighted by Gasteiger charge is 2.07. The van der Waals surface area contributed by atoms with Gasteiger partial charge in [-0.2, -0.15) is 0 Å². The largest absolute Gasteiger partial charge is 0.367 e. The highest BCUT2D eigenvalue weighted by Crippen LogP contribution is 2.12. The van der Waals surface area contributed by atoms with Gasteiger partial charge in [0.15, 0.2) is 0 Å². The van der Waals surface area contributed by atoms with E-state index in [-0.39, 0.29) is 5.56 Å². The van der Waals surface area contributed by atoms with E-state index in [1.54, 1.807) is 0 Å². The van der Waals surface area contributed by atoms with E-state index in [1.165, 1.54) is 19.2 Å². The number of nitrogens with zero attached hydrogens (tertiary/aromatic N) is 1. The number of aromatic amines is 1. The Balaban J connectivity index is 2.64. The first-order valence-electron chi connectivity index (χ1n) is 5.14. The number of anilines is 1. The van der Waals surface area contributed by atoms with Crippen molar-refractivity contribution in [3.8, 4) is 0 Å². The van der Waals surface area contributed by atoms with Gasteiger partial charge in [0.25, 0.3) is 5.56 Å². The fourth-order valence-corrected chi connectivity index (χ4v) is 1.75. The summed E-state index contributed by atoms with van der Waals surface area (Å²) in [5.41, 5.74) is -0.0872. The number of hydrogen-bond donors (Lipinski definition) is 2. The van der Waals surface area contributed by atoms with E-state index in [4.69, 9.17) is 0 Å². The first-order valence-corrected chi connectivity index (χ1v) is 6.22. The summed E-state index contributed by atoms with van der Waals surface area (Å²) in [6, 6.07) is 0.354. The molecule has 2 N–H and O–H groups in total. The van der Waals surface area contributed by atoms with Crippen LogP contribution < -0.4 is 10.9 Å². The second kappa shape index (κ2) is 6.09. The molecule has 84 valence electrons. The van der Waals surface area contributed by atoms with Gasteiger partial charge in [0, 0.05) is 6.04 Å². The predicted octanol–water partition coefficient (Wildman–Crippen LogP) is 2.37. The molecule has 0 aromatic carbocycles. The van der Waals surface area contributed by atoms with Gasteiger partial charge in [0.05, 0.1) is 6.33 Å². The van der Waals surface area contributed by atoms with Gasteiger partial charge in [-0.05, 0) is 35.9 Å². The Morgan fingerprint density at radius 2 is 2.40 bits per heavy atom. The fraction of sp³-hybridized carbons (Fsp3) is 0.600. The molecule has 4 nitrogen and oxygen atoms in total. The number of halogens is 1. The minimum atomic E-state index is -0.0872. The molecule has 0 saturated carbocycles. The van der Waals surface area contributed by atoms with Gasteiger partial charge in [-0.1, -0.05) is 19.8 Å². The number of H-pyrrole nitrogens is 1. The first kappa shape index (κ1) is 12.5. The van der Waals surface area contributed by atoms with Crippen LogP contribution in [-0.2, 0) is 0 Å². The van der Waals surface area contributed by atoms with Gasteiger partial charge in [0.1, 0.15) is 9.39 Å².